The van der Waals surface area contributed by atoms with Gasteiger partial charge in [-0.1, -0.05) is 18.2 Å². The van der Waals surface area contributed by atoms with E-state index in [1.807, 2.05) is 6.07 Å². The van der Waals surface area contributed by atoms with E-state index in [0.717, 1.165) is 0 Å². The molecule has 19 heavy (non-hydrogen) atoms. The Morgan fingerprint density at radius 2 is 1.84 bits per heavy atom. The lowest BCUT2D eigenvalue weighted by Gasteiger charge is -2.10. The smallest absolute Gasteiger partial charge is 0.411 e. The minimum Gasteiger partial charge on any atom is -0.447 e. The summed E-state index contributed by atoms with van der Waals surface area (Å²) in [5.41, 5.74) is 0.652. The fourth-order valence-corrected chi connectivity index (χ4v) is 1.23. The maximum absolute atomic E-state index is 11.4. The first-order valence-electron chi connectivity index (χ1n) is 6.01. The molecule has 0 radical (unpaired) electrons. The highest BCUT2D eigenvalue weighted by atomic mass is 16.6. The third-order valence-electron chi connectivity index (χ3n) is 1.97. The van der Waals surface area contributed by atoms with Crippen LogP contribution < -0.4 is 10.6 Å². The number of benzene rings is 1. The number of anilines is 1. The molecular formula is C13H18N2O4. The van der Waals surface area contributed by atoms with Gasteiger partial charge in [0.2, 0.25) is 0 Å². The van der Waals surface area contributed by atoms with E-state index in [1.165, 1.54) is 0 Å². The van der Waals surface area contributed by atoms with E-state index in [1.54, 1.807) is 38.1 Å². The van der Waals surface area contributed by atoms with Crippen LogP contribution in [0.2, 0.25) is 0 Å². The molecule has 0 atom stereocenters. The molecule has 0 fully saturated rings. The van der Waals surface area contributed by atoms with Crippen LogP contribution in [-0.2, 0) is 9.47 Å². The second kappa shape index (κ2) is 7.97. The molecule has 0 aliphatic heterocycles. The molecule has 0 saturated carbocycles. The molecular weight excluding hydrogens is 248 g/mol. The van der Waals surface area contributed by atoms with E-state index in [2.05, 4.69) is 10.6 Å². The Labute approximate surface area is 112 Å². The van der Waals surface area contributed by atoms with Crippen molar-refractivity contribution in [1.82, 2.24) is 5.32 Å². The Balaban J connectivity index is 2.13. The summed E-state index contributed by atoms with van der Waals surface area (Å²) >= 11 is 0. The normalized spacial score (nSPS) is 9.84. The number of rotatable bonds is 5. The number of amides is 2. The third-order valence-corrected chi connectivity index (χ3v) is 1.97. The monoisotopic (exact) mass is 266 g/mol. The van der Waals surface area contributed by atoms with E-state index in [4.69, 9.17) is 9.47 Å². The van der Waals surface area contributed by atoms with Gasteiger partial charge in [-0.25, -0.2) is 9.59 Å². The van der Waals surface area contributed by atoms with Gasteiger partial charge in [0.05, 0.1) is 12.6 Å². The van der Waals surface area contributed by atoms with Gasteiger partial charge in [-0.05, 0) is 26.0 Å². The summed E-state index contributed by atoms with van der Waals surface area (Å²) in [6.45, 7) is 3.78. The number of hydrogen-bond acceptors (Lipinski definition) is 4. The van der Waals surface area contributed by atoms with Gasteiger partial charge in [-0.3, -0.25) is 5.32 Å². The molecule has 1 aromatic carbocycles. The highest BCUT2D eigenvalue weighted by molar-refractivity contribution is 5.84. The molecule has 0 bridgehead atoms. The van der Waals surface area contributed by atoms with E-state index in [0.29, 0.717) is 5.69 Å². The number of ether oxygens (including phenoxy) is 2. The predicted molar refractivity (Wildman–Crippen MR) is 71.0 cm³/mol. The molecule has 1 aromatic rings. The standard InChI is InChI=1S/C13H18N2O4/c1-10(2)19-12(16)14-8-9-18-13(17)15-11-6-4-3-5-7-11/h3-7,10H,8-9H2,1-2H3,(H,14,16)(H,15,17). The molecule has 1 rings (SSSR count). The number of alkyl carbamates (subject to hydrolysis) is 1. The molecule has 0 saturated heterocycles. The van der Waals surface area contributed by atoms with Crippen molar-refractivity contribution in [3.63, 3.8) is 0 Å². The molecule has 2 N–H and O–H groups in total. The van der Waals surface area contributed by atoms with E-state index in [-0.39, 0.29) is 19.3 Å². The fraction of sp³-hybridized carbons (Fsp3) is 0.385. The maximum Gasteiger partial charge on any atom is 0.411 e. The van der Waals surface area contributed by atoms with Crippen LogP contribution in [0.3, 0.4) is 0 Å². The SMILES string of the molecule is CC(C)OC(=O)NCCOC(=O)Nc1ccccc1. The van der Waals surface area contributed by atoms with Gasteiger partial charge >= 0.3 is 12.2 Å². The quantitative estimate of drug-likeness (QED) is 0.802. The van der Waals surface area contributed by atoms with Crippen molar-refractivity contribution in [2.24, 2.45) is 0 Å². The largest absolute Gasteiger partial charge is 0.447 e. The van der Waals surface area contributed by atoms with E-state index in [9.17, 15) is 9.59 Å². The zero-order chi connectivity index (χ0) is 14.1. The Hall–Kier alpha value is -2.24. The molecule has 0 aromatic heterocycles. The Morgan fingerprint density at radius 3 is 2.47 bits per heavy atom. The van der Waals surface area contributed by atoms with Gasteiger partial charge in [0.25, 0.3) is 0 Å². The van der Waals surface area contributed by atoms with Crippen molar-refractivity contribution in [3.8, 4) is 0 Å². The molecule has 6 heteroatoms. The molecule has 0 aliphatic rings. The van der Waals surface area contributed by atoms with Gasteiger partial charge in [-0.2, -0.15) is 0 Å². The zero-order valence-electron chi connectivity index (χ0n) is 11.0. The molecule has 0 aliphatic carbocycles. The van der Waals surface area contributed by atoms with Gasteiger partial charge in [0.1, 0.15) is 6.61 Å². The van der Waals surface area contributed by atoms with Gasteiger partial charge < -0.3 is 14.8 Å². The number of nitrogens with one attached hydrogen (secondary N) is 2. The lowest BCUT2D eigenvalue weighted by Crippen LogP contribution is -2.30. The first kappa shape index (κ1) is 14.8. The topological polar surface area (TPSA) is 76.7 Å². The number of carbonyl (C=O) groups excluding carboxylic acids is 2. The molecule has 0 spiro atoms. The van der Waals surface area contributed by atoms with Crippen LogP contribution in [0.5, 0.6) is 0 Å². The fourth-order valence-electron chi connectivity index (χ4n) is 1.23. The Kier molecular flexibility index (Phi) is 6.21. The van der Waals surface area contributed by atoms with Crippen molar-refractivity contribution in [1.29, 1.82) is 0 Å². The van der Waals surface area contributed by atoms with Gasteiger partial charge in [0.15, 0.2) is 0 Å². The van der Waals surface area contributed by atoms with Crippen LogP contribution in [0.4, 0.5) is 15.3 Å². The number of para-hydroxylation sites is 1. The Bertz CT molecular complexity index is 406. The second-order valence-electron chi connectivity index (χ2n) is 4.01. The van der Waals surface area contributed by atoms with Crippen molar-refractivity contribution >= 4 is 17.9 Å². The van der Waals surface area contributed by atoms with Crippen LogP contribution in [0.15, 0.2) is 30.3 Å². The zero-order valence-corrected chi connectivity index (χ0v) is 11.0. The minimum absolute atomic E-state index is 0.0753. The van der Waals surface area contributed by atoms with Crippen LogP contribution in [0, 0.1) is 0 Å². The first-order valence-corrected chi connectivity index (χ1v) is 6.01. The van der Waals surface area contributed by atoms with E-state index >= 15 is 0 Å². The number of carbonyl (C=O) groups is 2. The van der Waals surface area contributed by atoms with Crippen LogP contribution in [-0.4, -0.2) is 31.4 Å². The average Bonchev–Trinajstić information content (AvgIpc) is 2.35. The van der Waals surface area contributed by atoms with Crippen LogP contribution in [0.25, 0.3) is 0 Å². The minimum atomic E-state index is -0.565. The Morgan fingerprint density at radius 1 is 1.16 bits per heavy atom. The average molecular weight is 266 g/mol. The summed E-state index contributed by atoms with van der Waals surface area (Å²) in [6.07, 6.45) is -1.27. The summed E-state index contributed by atoms with van der Waals surface area (Å²) in [5.74, 6) is 0. The molecule has 104 valence electrons. The predicted octanol–water partition coefficient (Wildman–Crippen LogP) is 2.37. The lowest BCUT2D eigenvalue weighted by atomic mass is 10.3. The molecule has 2 amide bonds. The van der Waals surface area contributed by atoms with Crippen molar-refractivity contribution < 1.29 is 19.1 Å². The second-order valence-corrected chi connectivity index (χ2v) is 4.01. The van der Waals surface area contributed by atoms with E-state index < -0.39 is 12.2 Å². The summed E-state index contributed by atoms with van der Waals surface area (Å²) in [5, 5.41) is 5.02. The third kappa shape index (κ3) is 6.92. The highest BCUT2D eigenvalue weighted by Crippen LogP contribution is 2.04. The van der Waals surface area contributed by atoms with Crippen molar-refractivity contribution in [2.45, 2.75) is 20.0 Å². The first-order chi connectivity index (χ1) is 9.08. The lowest BCUT2D eigenvalue weighted by molar-refractivity contribution is 0.111. The summed E-state index contributed by atoms with van der Waals surface area (Å²) in [6, 6.07) is 8.96. The summed E-state index contributed by atoms with van der Waals surface area (Å²) in [4.78, 5) is 22.5. The van der Waals surface area contributed by atoms with Gasteiger partial charge in [-0.15, -0.1) is 0 Å². The highest BCUT2D eigenvalue weighted by Gasteiger charge is 2.05. The van der Waals surface area contributed by atoms with Crippen molar-refractivity contribution in [3.05, 3.63) is 30.3 Å². The number of hydrogen-bond donors (Lipinski definition) is 2. The molecule has 0 heterocycles. The van der Waals surface area contributed by atoms with Crippen LogP contribution >= 0.6 is 0 Å². The molecule has 0 unspecified atom stereocenters. The summed E-state index contributed by atoms with van der Waals surface area (Å²) in [7, 11) is 0. The maximum atomic E-state index is 11.4. The van der Waals surface area contributed by atoms with Crippen LogP contribution in [0.1, 0.15) is 13.8 Å². The molecule has 6 nitrogen and oxygen atoms in total. The van der Waals surface area contributed by atoms with Gasteiger partial charge in [0, 0.05) is 5.69 Å². The summed E-state index contributed by atoms with van der Waals surface area (Å²) < 4.78 is 9.73. The van der Waals surface area contributed by atoms with Crippen molar-refractivity contribution in [2.75, 3.05) is 18.5 Å².